The molecule has 3 aromatic heterocycles. The normalized spacial score (nSPS) is 12.2. The van der Waals surface area contributed by atoms with Crippen LogP contribution in [0.25, 0.3) is 15.3 Å². The summed E-state index contributed by atoms with van der Waals surface area (Å²) in [4.78, 5) is 31.4. The molecule has 2 amide bonds. The minimum Gasteiger partial charge on any atom is -0.354 e. The summed E-state index contributed by atoms with van der Waals surface area (Å²) in [5.74, 6) is -0.447. The lowest BCUT2D eigenvalue weighted by molar-refractivity contribution is -0.123. The third-order valence-corrected chi connectivity index (χ3v) is 6.92. The van der Waals surface area contributed by atoms with Gasteiger partial charge in [-0.15, -0.1) is 11.3 Å². The largest absolute Gasteiger partial charge is 0.354 e. The van der Waals surface area contributed by atoms with Crippen molar-refractivity contribution in [2.45, 2.75) is 26.3 Å². The lowest BCUT2D eigenvalue weighted by atomic mass is 10.0. The Hall–Kier alpha value is -2.97. The van der Waals surface area contributed by atoms with Gasteiger partial charge >= 0.3 is 0 Å². The van der Waals surface area contributed by atoms with Crippen molar-refractivity contribution in [1.29, 1.82) is 0 Å². The van der Waals surface area contributed by atoms with Crippen molar-refractivity contribution in [3.05, 3.63) is 70.7 Å². The second-order valence-corrected chi connectivity index (χ2v) is 9.63. The summed E-state index contributed by atoms with van der Waals surface area (Å²) < 4.78 is 2.87. The second-order valence-electron chi connectivity index (χ2n) is 7.58. The van der Waals surface area contributed by atoms with Gasteiger partial charge in [0.15, 0.2) is 5.13 Å². The smallest absolute Gasteiger partial charge is 0.251 e. The molecule has 0 aliphatic carbocycles. The van der Waals surface area contributed by atoms with Gasteiger partial charge in [-0.25, -0.2) is 4.98 Å². The minimum atomic E-state index is -0.594. The number of amides is 2. The Morgan fingerprint density at radius 3 is 2.65 bits per heavy atom. The Morgan fingerprint density at radius 2 is 1.94 bits per heavy atom. The molecule has 3 heterocycles. The van der Waals surface area contributed by atoms with Crippen molar-refractivity contribution in [2.24, 2.45) is 5.92 Å². The molecule has 0 saturated heterocycles. The molecule has 0 unspecified atom stereocenters. The topological polar surface area (TPSA) is 76.0 Å². The first-order valence-corrected chi connectivity index (χ1v) is 11.9. The molecule has 31 heavy (non-hydrogen) atoms. The number of aromatic nitrogens is 2. The number of carbonyl (C=O) groups excluding carboxylic acids is 2. The van der Waals surface area contributed by atoms with E-state index in [-0.39, 0.29) is 17.7 Å². The van der Waals surface area contributed by atoms with Crippen LogP contribution in [0.5, 0.6) is 0 Å². The van der Waals surface area contributed by atoms with Gasteiger partial charge in [0.1, 0.15) is 6.04 Å². The van der Waals surface area contributed by atoms with Gasteiger partial charge in [-0.3, -0.25) is 9.59 Å². The Balaban J connectivity index is 1.43. The van der Waals surface area contributed by atoms with Crippen LogP contribution in [-0.2, 0) is 11.2 Å². The van der Waals surface area contributed by atoms with Crippen molar-refractivity contribution < 1.29 is 9.59 Å². The summed E-state index contributed by atoms with van der Waals surface area (Å²) in [6, 6.07) is 12.8. The van der Waals surface area contributed by atoms with E-state index >= 15 is 0 Å². The van der Waals surface area contributed by atoms with Crippen LogP contribution in [0.2, 0.25) is 0 Å². The van der Waals surface area contributed by atoms with Crippen molar-refractivity contribution in [3.63, 3.8) is 0 Å². The van der Waals surface area contributed by atoms with E-state index in [2.05, 4.69) is 21.7 Å². The van der Waals surface area contributed by atoms with Gasteiger partial charge in [0.05, 0.1) is 10.2 Å². The van der Waals surface area contributed by atoms with Crippen LogP contribution in [0.15, 0.2) is 60.2 Å². The average Bonchev–Trinajstić information content (AvgIpc) is 3.52. The highest BCUT2D eigenvalue weighted by Crippen LogP contribution is 2.26. The van der Waals surface area contributed by atoms with E-state index in [4.69, 9.17) is 0 Å². The van der Waals surface area contributed by atoms with E-state index in [1.807, 2.05) is 66.5 Å². The number of fused-ring (bicyclic) bond motifs is 1. The van der Waals surface area contributed by atoms with Gasteiger partial charge in [-0.2, -0.15) is 0 Å². The van der Waals surface area contributed by atoms with Gasteiger partial charge < -0.3 is 15.2 Å². The summed E-state index contributed by atoms with van der Waals surface area (Å²) in [7, 11) is 0. The number of rotatable bonds is 8. The predicted octanol–water partition coefficient (Wildman–Crippen LogP) is 4.26. The van der Waals surface area contributed by atoms with E-state index in [0.29, 0.717) is 12.1 Å². The van der Waals surface area contributed by atoms with Crippen molar-refractivity contribution in [3.8, 4) is 5.13 Å². The molecular formula is C23H24N4O2S2. The number of nitrogens with one attached hydrogen (secondary N) is 2. The molecule has 4 aromatic rings. The third kappa shape index (κ3) is 5.03. The zero-order valence-electron chi connectivity index (χ0n) is 17.4. The van der Waals surface area contributed by atoms with Crippen molar-refractivity contribution in [2.75, 3.05) is 6.54 Å². The lowest BCUT2D eigenvalue weighted by Crippen LogP contribution is -2.50. The van der Waals surface area contributed by atoms with Crippen LogP contribution in [0.3, 0.4) is 0 Å². The maximum atomic E-state index is 12.9. The fraction of sp³-hybridized carbons (Fsp3) is 0.261. The molecule has 0 fully saturated rings. The van der Waals surface area contributed by atoms with E-state index < -0.39 is 6.04 Å². The molecule has 0 saturated carbocycles. The number of nitrogens with zero attached hydrogens (tertiary/aromatic N) is 2. The standard InChI is InChI=1S/C23H24N4O2S2/c1-15(2)20(22(29)24-10-9-17-6-5-13-30-17)26-21(28)16-7-8-18-19(14-16)31-23(25-18)27-11-3-4-12-27/h3-8,11-15,20H,9-10H2,1-2H3,(H,24,29)(H,26,28)/t20-/m0/s1. The van der Waals surface area contributed by atoms with Crippen LogP contribution < -0.4 is 10.6 Å². The number of carbonyl (C=O) groups is 2. The van der Waals surface area contributed by atoms with E-state index in [0.717, 1.165) is 21.8 Å². The SMILES string of the molecule is CC(C)[C@H](NC(=O)c1ccc2nc(-n3cccc3)sc2c1)C(=O)NCCc1cccs1. The molecule has 1 aromatic carbocycles. The molecule has 6 nitrogen and oxygen atoms in total. The highest BCUT2D eigenvalue weighted by Gasteiger charge is 2.24. The van der Waals surface area contributed by atoms with Gasteiger partial charge in [-0.1, -0.05) is 31.3 Å². The van der Waals surface area contributed by atoms with E-state index in [9.17, 15) is 9.59 Å². The maximum absolute atomic E-state index is 12.9. The monoisotopic (exact) mass is 452 g/mol. The fourth-order valence-corrected chi connectivity index (χ4v) is 4.94. The molecular weight excluding hydrogens is 428 g/mol. The molecule has 0 aliphatic heterocycles. The minimum absolute atomic E-state index is 0.0295. The summed E-state index contributed by atoms with van der Waals surface area (Å²) >= 11 is 3.19. The molecule has 0 bridgehead atoms. The molecule has 0 aliphatic rings. The summed E-state index contributed by atoms with van der Waals surface area (Å²) in [6.45, 7) is 4.41. The molecule has 1 atom stereocenters. The summed E-state index contributed by atoms with van der Waals surface area (Å²) in [6.07, 6.45) is 4.67. The molecule has 0 radical (unpaired) electrons. The number of hydrogen-bond acceptors (Lipinski definition) is 5. The zero-order valence-corrected chi connectivity index (χ0v) is 19.0. The molecule has 0 spiro atoms. The number of thiophene rings is 1. The van der Waals surface area contributed by atoms with E-state index in [1.54, 1.807) is 17.4 Å². The van der Waals surface area contributed by atoms with Crippen LogP contribution in [0.1, 0.15) is 29.1 Å². The molecule has 8 heteroatoms. The van der Waals surface area contributed by atoms with E-state index in [1.165, 1.54) is 16.2 Å². The van der Waals surface area contributed by atoms with Crippen molar-refractivity contribution in [1.82, 2.24) is 20.2 Å². The quantitative estimate of drug-likeness (QED) is 0.419. The number of thiazole rings is 1. The molecule has 160 valence electrons. The number of benzene rings is 1. The summed E-state index contributed by atoms with van der Waals surface area (Å²) in [5.41, 5.74) is 1.37. The second kappa shape index (κ2) is 9.45. The molecule has 2 N–H and O–H groups in total. The average molecular weight is 453 g/mol. The molecule has 4 rings (SSSR count). The Morgan fingerprint density at radius 1 is 1.13 bits per heavy atom. The Bertz CT molecular complexity index is 1160. The Labute approximate surface area is 188 Å². The highest BCUT2D eigenvalue weighted by molar-refractivity contribution is 7.20. The highest BCUT2D eigenvalue weighted by atomic mass is 32.1. The van der Waals surface area contributed by atoms with Gasteiger partial charge in [0.2, 0.25) is 5.91 Å². The Kier molecular flexibility index (Phi) is 6.48. The van der Waals surface area contributed by atoms with Crippen LogP contribution in [0.4, 0.5) is 0 Å². The first-order valence-electron chi connectivity index (χ1n) is 10.2. The third-order valence-electron chi connectivity index (χ3n) is 4.95. The van der Waals surface area contributed by atoms with Crippen molar-refractivity contribution >= 4 is 44.7 Å². The lowest BCUT2D eigenvalue weighted by Gasteiger charge is -2.21. The van der Waals surface area contributed by atoms with Gasteiger partial charge in [0.25, 0.3) is 5.91 Å². The van der Waals surface area contributed by atoms with Crippen LogP contribution in [-0.4, -0.2) is 34.0 Å². The fourth-order valence-electron chi connectivity index (χ4n) is 3.26. The predicted molar refractivity (Wildman–Crippen MR) is 126 cm³/mol. The van der Waals surface area contributed by atoms with Gasteiger partial charge in [0, 0.05) is 29.4 Å². The van der Waals surface area contributed by atoms with Crippen LogP contribution >= 0.6 is 22.7 Å². The maximum Gasteiger partial charge on any atom is 0.251 e. The first kappa shape index (κ1) is 21.3. The number of hydrogen-bond donors (Lipinski definition) is 2. The van der Waals surface area contributed by atoms with Crippen LogP contribution in [0, 0.1) is 5.92 Å². The van der Waals surface area contributed by atoms with Gasteiger partial charge in [-0.05, 0) is 54.1 Å². The summed E-state index contributed by atoms with van der Waals surface area (Å²) in [5, 5.41) is 8.73. The zero-order chi connectivity index (χ0) is 21.8. The first-order chi connectivity index (χ1) is 15.0.